The van der Waals surface area contributed by atoms with Gasteiger partial charge >= 0.3 is 0 Å². The molecule has 0 amide bonds. The highest BCUT2D eigenvalue weighted by atomic mass is 16.5. The lowest BCUT2D eigenvalue weighted by molar-refractivity contribution is 0.0403. The molecule has 1 saturated carbocycles. The van der Waals surface area contributed by atoms with Crippen molar-refractivity contribution in [3.8, 4) is 6.07 Å². The average Bonchev–Trinajstić information content (AvgIpc) is 2.48. The number of ether oxygens (including phenoxy) is 1. The van der Waals surface area contributed by atoms with E-state index in [0.717, 1.165) is 31.9 Å². The quantitative estimate of drug-likeness (QED) is 0.677. The molecule has 0 bridgehead atoms. The highest BCUT2D eigenvalue weighted by Crippen LogP contribution is 2.35. The fourth-order valence-corrected chi connectivity index (χ4v) is 3.56. The van der Waals surface area contributed by atoms with E-state index >= 15 is 0 Å². The van der Waals surface area contributed by atoms with E-state index in [-0.39, 0.29) is 5.92 Å². The zero-order chi connectivity index (χ0) is 15.0. The van der Waals surface area contributed by atoms with Crippen LogP contribution in [0.15, 0.2) is 0 Å². The first-order valence-corrected chi connectivity index (χ1v) is 8.32. The van der Waals surface area contributed by atoms with Gasteiger partial charge in [-0.25, -0.2) is 0 Å². The monoisotopic (exact) mass is 280 g/mol. The molecule has 0 spiro atoms. The third-order valence-corrected chi connectivity index (χ3v) is 4.92. The summed E-state index contributed by atoms with van der Waals surface area (Å²) in [5, 5.41) is 9.50. The standard InChI is InChI=1S/C17H32N2O/c1-5-7-15-8-9-16(13-18)17(12-15)19(10-11-20-4)14(3)6-2/h14-17H,5-12H2,1-4H3. The van der Waals surface area contributed by atoms with Crippen molar-refractivity contribution in [1.29, 1.82) is 5.26 Å². The SMILES string of the molecule is CCCC1CCC(C#N)C(N(CCOC)C(C)CC)C1. The van der Waals surface area contributed by atoms with Crippen molar-refractivity contribution in [3.63, 3.8) is 0 Å². The molecule has 0 aliphatic heterocycles. The molecule has 0 aromatic carbocycles. The highest BCUT2D eigenvalue weighted by molar-refractivity contribution is 4.98. The second kappa shape index (κ2) is 9.37. The van der Waals surface area contributed by atoms with Crippen molar-refractivity contribution >= 4 is 0 Å². The van der Waals surface area contributed by atoms with E-state index in [0.29, 0.717) is 12.1 Å². The van der Waals surface area contributed by atoms with E-state index in [1.54, 1.807) is 7.11 Å². The zero-order valence-electron chi connectivity index (χ0n) is 13.8. The van der Waals surface area contributed by atoms with Crippen LogP contribution in [0.1, 0.15) is 59.3 Å². The van der Waals surface area contributed by atoms with Gasteiger partial charge in [0, 0.05) is 25.7 Å². The van der Waals surface area contributed by atoms with Crippen LogP contribution in [-0.4, -0.2) is 37.2 Å². The van der Waals surface area contributed by atoms with Gasteiger partial charge in [-0.05, 0) is 38.5 Å². The number of nitriles is 1. The molecule has 0 aromatic heterocycles. The number of hydrogen-bond donors (Lipinski definition) is 0. The summed E-state index contributed by atoms with van der Waals surface area (Å²) in [7, 11) is 1.76. The van der Waals surface area contributed by atoms with Crippen molar-refractivity contribution in [1.82, 2.24) is 4.90 Å². The van der Waals surface area contributed by atoms with Crippen molar-refractivity contribution in [2.45, 2.75) is 71.4 Å². The predicted octanol–water partition coefficient (Wildman–Crippen LogP) is 3.84. The van der Waals surface area contributed by atoms with Crippen LogP contribution in [0.2, 0.25) is 0 Å². The molecule has 3 heteroatoms. The Hall–Kier alpha value is -0.590. The molecular weight excluding hydrogens is 248 g/mol. The lowest BCUT2D eigenvalue weighted by Gasteiger charge is -2.43. The van der Waals surface area contributed by atoms with Gasteiger partial charge in [-0.15, -0.1) is 0 Å². The molecule has 1 aliphatic rings. The number of hydrogen-bond acceptors (Lipinski definition) is 3. The molecule has 4 unspecified atom stereocenters. The Morgan fingerprint density at radius 2 is 2.10 bits per heavy atom. The average molecular weight is 280 g/mol. The van der Waals surface area contributed by atoms with Gasteiger partial charge in [-0.2, -0.15) is 5.26 Å². The van der Waals surface area contributed by atoms with Crippen LogP contribution in [0.3, 0.4) is 0 Å². The molecule has 1 fully saturated rings. The van der Waals surface area contributed by atoms with Crippen LogP contribution in [0, 0.1) is 23.2 Å². The van der Waals surface area contributed by atoms with Crippen LogP contribution in [0.5, 0.6) is 0 Å². The summed E-state index contributed by atoms with van der Waals surface area (Å²) >= 11 is 0. The van der Waals surface area contributed by atoms with Gasteiger partial charge in [0.05, 0.1) is 18.6 Å². The van der Waals surface area contributed by atoms with Gasteiger partial charge < -0.3 is 4.74 Å². The summed E-state index contributed by atoms with van der Waals surface area (Å²) in [6.07, 6.45) is 7.22. The summed E-state index contributed by atoms with van der Waals surface area (Å²) in [6.45, 7) is 8.50. The van der Waals surface area contributed by atoms with Crippen molar-refractivity contribution in [2.24, 2.45) is 11.8 Å². The van der Waals surface area contributed by atoms with Crippen LogP contribution < -0.4 is 0 Å². The first kappa shape index (κ1) is 17.5. The second-order valence-corrected chi connectivity index (χ2v) is 6.26. The molecule has 4 atom stereocenters. The third kappa shape index (κ3) is 4.75. The number of methoxy groups -OCH3 is 1. The maximum absolute atomic E-state index is 9.50. The Kier molecular flexibility index (Phi) is 8.18. The van der Waals surface area contributed by atoms with Gasteiger partial charge in [0.2, 0.25) is 0 Å². The Morgan fingerprint density at radius 3 is 2.65 bits per heavy atom. The van der Waals surface area contributed by atoms with E-state index < -0.39 is 0 Å². The van der Waals surface area contributed by atoms with Gasteiger partial charge in [-0.3, -0.25) is 4.90 Å². The van der Waals surface area contributed by atoms with Gasteiger partial charge in [0.25, 0.3) is 0 Å². The Labute approximate surface area is 125 Å². The largest absolute Gasteiger partial charge is 0.383 e. The van der Waals surface area contributed by atoms with Crippen LogP contribution in [-0.2, 0) is 4.74 Å². The Bertz CT molecular complexity index is 300. The first-order valence-electron chi connectivity index (χ1n) is 8.32. The summed E-state index contributed by atoms with van der Waals surface area (Å²) < 4.78 is 5.28. The Balaban J connectivity index is 2.78. The van der Waals surface area contributed by atoms with Crippen molar-refractivity contribution in [2.75, 3.05) is 20.3 Å². The third-order valence-electron chi connectivity index (χ3n) is 4.92. The molecule has 0 saturated heterocycles. The van der Waals surface area contributed by atoms with Gasteiger partial charge in [0.1, 0.15) is 0 Å². The smallest absolute Gasteiger partial charge is 0.0672 e. The first-order chi connectivity index (χ1) is 9.67. The molecule has 1 aliphatic carbocycles. The molecule has 3 nitrogen and oxygen atoms in total. The molecule has 0 N–H and O–H groups in total. The maximum Gasteiger partial charge on any atom is 0.0672 e. The minimum Gasteiger partial charge on any atom is -0.383 e. The summed E-state index contributed by atoms with van der Waals surface area (Å²) in [4.78, 5) is 2.54. The Morgan fingerprint density at radius 1 is 1.35 bits per heavy atom. The lowest BCUT2D eigenvalue weighted by Crippen LogP contribution is -2.49. The van der Waals surface area contributed by atoms with Crippen LogP contribution in [0.4, 0.5) is 0 Å². The summed E-state index contributed by atoms with van der Waals surface area (Å²) in [5.74, 6) is 1.01. The van der Waals surface area contributed by atoms with Crippen molar-refractivity contribution < 1.29 is 4.74 Å². The summed E-state index contributed by atoms with van der Waals surface area (Å²) in [6, 6.07) is 3.53. The zero-order valence-corrected chi connectivity index (χ0v) is 13.8. The van der Waals surface area contributed by atoms with E-state index in [2.05, 4.69) is 31.7 Å². The fourth-order valence-electron chi connectivity index (χ4n) is 3.56. The predicted molar refractivity (Wildman–Crippen MR) is 83.5 cm³/mol. The van der Waals surface area contributed by atoms with Crippen LogP contribution in [0.25, 0.3) is 0 Å². The molecule has 0 radical (unpaired) electrons. The fraction of sp³-hybridized carbons (Fsp3) is 0.941. The molecule has 0 aromatic rings. The van der Waals surface area contributed by atoms with Crippen molar-refractivity contribution in [3.05, 3.63) is 0 Å². The number of nitrogens with zero attached hydrogens (tertiary/aromatic N) is 2. The van der Waals surface area contributed by atoms with Crippen LogP contribution >= 0.6 is 0 Å². The molecule has 20 heavy (non-hydrogen) atoms. The molecule has 116 valence electrons. The van der Waals surface area contributed by atoms with E-state index in [1.807, 2.05) is 0 Å². The van der Waals surface area contributed by atoms with E-state index in [9.17, 15) is 5.26 Å². The van der Waals surface area contributed by atoms with E-state index in [4.69, 9.17) is 4.74 Å². The molecule has 0 heterocycles. The minimum atomic E-state index is 0.203. The normalized spacial score (nSPS) is 28.3. The minimum absolute atomic E-state index is 0.203. The number of rotatable bonds is 8. The lowest BCUT2D eigenvalue weighted by atomic mass is 9.76. The maximum atomic E-state index is 9.50. The topological polar surface area (TPSA) is 36.3 Å². The molecule has 1 rings (SSSR count). The highest BCUT2D eigenvalue weighted by Gasteiger charge is 2.35. The summed E-state index contributed by atoms with van der Waals surface area (Å²) in [5.41, 5.74) is 0. The van der Waals surface area contributed by atoms with Gasteiger partial charge in [-0.1, -0.05) is 26.7 Å². The second-order valence-electron chi connectivity index (χ2n) is 6.26. The van der Waals surface area contributed by atoms with E-state index in [1.165, 1.54) is 25.7 Å². The molecular formula is C17H32N2O. The van der Waals surface area contributed by atoms with Gasteiger partial charge in [0.15, 0.2) is 0 Å².